The molecule has 1 fully saturated rings. The highest BCUT2D eigenvalue weighted by atomic mass is 16.5. The number of aromatic nitrogens is 2. The Bertz CT molecular complexity index is 545. The molecule has 1 aliphatic carbocycles. The third-order valence-corrected chi connectivity index (χ3v) is 3.54. The summed E-state index contributed by atoms with van der Waals surface area (Å²) < 4.78 is 11.1. The monoisotopic (exact) mass is 273 g/mol. The lowest BCUT2D eigenvalue weighted by Crippen LogP contribution is -2.10. The van der Waals surface area contributed by atoms with Crippen LogP contribution in [0.15, 0.2) is 28.8 Å². The average molecular weight is 273 g/mol. The van der Waals surface area contributed by atoms with Crippen LogP contribution >= 0.6 is 0 Å². The Balaban J connectivity index is 1.68. The molecular weight excluding hydrogens is 254 g/mol. The molecule has 0 aliphatic heterocycles. The summed E-state index contributed by atoms with van der Waals surface area (Å²) in [5, 5.41) is 3.96. The van der Waals surface area contributed by atoms with Crippen LogP contribution in [0, 0.1) is 0 Å². The Kier molecular flexibility index (Phi) is 3.97. The number of hydrogen-bond acceptors (Lipinski definition) is 5. The molecular formula is C15H19N3O2. The van der Waals surface area contributed by atoms with Crippen molar-refractivity contribution in [3.8, 4) is 17.1 Å². The first-order valence-electron chi connectivity index (χ1n) is 7.15. The molecule has 0 atom stereocenters. The molecule has 1 aromatic heterocycles. The van der Waals surface area contributed by atoms with Crippen LogP contribution < -0.4 is 10.5 Å². The molecule has 0 spiro atoms. The van der Waals surface area contributed by atoms with Crippen LogP contribution in [0.5, 0.6) is 5.75 Å². The first kappa shape index (κ1) is 13.1. The van der Waals surface area contributed by atoms with Gasteiger partial charge in [0, 0.05) is 18.5 Å². The molecule has 2 aromatic rings. The smallest absolute Gasteiger partial charge is 0.228 e. The van der Waals surface area contributed by atoms with Gasteiger partial charge in [-0.15, -0.1) is 0 Å². The Labute approximate surface area is 118 Å². The van der Waals surface area contributed by atoms with Crippen LogP contribution in [-0.2, 0) is 6.42 Å². The van der Waals surface area contributed by atoms with E-state index in [0.717, 1.165) is 24.2 Å². The summed E-state index contributed by atoms with van der Waals surface area (Å²) in [5.74, 6) is 2.08. The molecule has 0 unspecified atom stereocenters. The van der Waals surface area contributed by atoms with E-state index in [-0.39, 0.29) is 0 Å². The van der Waals surface area contributed by atoms with Gasteiger partial charge in [0.15, 0.2) is 0 Å². The van der Waals surface area contributed by atoms with Gasteiger partial charge in [0.25, 0.3) is 0 Å². The molecule has 0 radical (unpaired) electrons. The van der Waals surface area contributed by atoms with Crippen molar-refractivity contribution in [3.05, 3.63) is 30.2 Å². The van der Waals surface area contributed by atoms with Crippen molar-refractivity contribution in [3.63, 3.8) is 0 Å². The van der Waals surface area contributed by atoms with Crippen molar-refractivity contribution in [2.45, 2.75) is 38.2 Å². The number of benzene rings is 1. The van der Waals surface area contributed by atoms with Gasteiger partial charge in [-0.3, -0.25) is 0 Å². The van der Waals surface area contributed by atoms with Crippen LogP contribution in [0.25, 0.3) is 11.4 Å². The minimum atomic E-state index is 0.377. The van der Waals surface area contributed by atoms with Crippen LogP contribution in [0.3, 0.4) is 0 Å². The van der Waals surface area contributed by atoms with Crippen molar-refractivity contribution >= 4 is 0 Å². The van der Waals surface area contributed by atoms with Crippen molar-refractivity contribution in [1.82, 2.24) is 10.1 Å². The van der Waals surface area contributed by atoms with Gasteiger partial charge in [0.1, 0.15) is 5.75 Å². The largest absolute Gasteiger partial charge is 0.490 e. The second-order valence-electron chi connectivity index (χ2n) is 5.10. The number of rotatable bonds is 5. The van der Waals surface area contributed by atoms with E-state index < -0.39 is 0 Å². The molecule has 1 heterocycles. The zero-order valence-electron chi connectivity index (χ0n) is 11.4. The molecule has 0 saturated heterocycles. The van der Waals surface area contributed by atoms with E-state index in [1.165, 1.54) is 12.8 Å². The molecule has 0 bridgehead atoms. The molecule has 20 heavy (non-hydrogen) atoms. The van der Waals surface area contributed by atoms with E-state index >= 15 is 0 Å². The average Bonchev–Trinajstić information content (AvgIpc) is 3.12. The molecule has 1 aliphatic rings. The maximum atomic E-state index is 5.93. The molecule has 5 heteroatoms. The fourth-order valence-electron chi connectivity index (χ4n) is 2.48. The van der Waals surface area contributed by atoms with Gasteiger partial charge in [-0.25, -0.2) is 0 Å². The number of hydrogen-bond donors (Lipinski definition) is 1. The number of ether oxygens (including phenoxy) is 1. The second-order valence-corrected chi connectivity index (χ2v) is 5.10. The molecule has 3 rings (SSSR count). The van der Waals surface area contributed by atoms with Gasteiger partial charge >= 0.3 is 0 Å². The minimum Gasteiger partial charge on any atom is -0.490 e. The minimum absolute atomic E-state index is 0.377. The Morgan fingerprint density at radius 1 is 1.20 bits per heavy atom. The van der Waals surface area contributed by atoms with Gasteiger partial charge in [0.05, 0.1) is 6.10 Å². The third-order valence-electron chi connectivity index (χ3n) is 3.54. The molecule has 1 aromatic carbocycles. The van der Waals surface area contributed by atoms with Crippen molar-refractivity contribution < 1.29 is 9.26 Å². The van der Waals surface area contributed by atoms with E-state index in [4.69, 9.17) is 15.0 Å². The summed E-state index contributed by atoms with van der Waals surface area (Å²) in [4.78, 5) is 4.30. The molecule has 5 nitrogen and oxygen atoms in total. The summed E-state index contributed by atoms with van der Waals surface area (Å²) in [6.07, 6.45) is 5.85. The first-order valence-corrected chi connectivity index (χ1v) is 7.15. The topological polar surface area (TPSA) is 74.2 Å². The number of nitrogens with zero attached hydrogens (tertiary/aromatic N) is 2. The van der Waals surface area contributed by atoms with E-state index in [0.29, 0.717) is 30.8 Å². The lowest BCUT2D eigenvalue weighted by atomic mass is 10.2. The van der Waals surface area contributed by atoms with E-state index in [1.54, 1.807) is 0 Å². The van der Waals surface area contributed by atoms with Gasteiger partial charge in [-0.1, -0.05) is 5.16 Å². The second kappa shape index (κ2) is 6.05. The Morgan fingerprint density at radius 3 is 2.65 bits per heavy atom. The van der Waals surface area contributed by atoms with Crippen LogP contribution in [0.2, 0.25) is 0 Å². The molecule has 2 N–H and O–H groups in total. The van der Waals surface area contributed by atoms with E-state index in [9.17, 15) is 0 Å². The summed E-state index contributed by atoms with van der Waals surface area (Å²) >= 11 is 0. The number of nitrogens with two attached hydrogens (primary N) is 1. The standard InChI is InChI=1S/C15H19N3O2/c16-10-9-14-17-15(18-20-14)11-5-7-13(8-6-11)19-12-3-1-2-4-12/h5-8,12H,1-4,9-10,16H2. The van der Waals surface area contributed by atoms with Crippen molar-refractivity contribution in [2.24, 2.45) is 5.73 Å². The quantitative estimate of drug-likeness (QED) is 0.906. The lowest BCUT2D eigenvalue weighted by Gasteiger charge is -2.12. The third kappa shape index (κ3) is 2.99. The molecule has 0 amide bonds. The fourth-order valence-corrected chi connectivity index (χ4v) is 2.48. The summed E-state index contributed by atoms with van der Waals surface area (Å²) in [7, 11) is 0. The maximum Gasteiger partial charge on any atom is 0.228 e. The first-order chi connectivity index (χ1) is 9.85. The zero-order chi connectivity index (χ0) is 13.8. The van der Waals surface area contributed by atoms with E-state index in [2.05, 4.69) is 10.1 Å². The van der Waals surface area contributed by atoms with Gasteiger partial charge < -0.3 is 15.0 Å². The highest BCUT2D eigenvalue weighted by Gasteiger charge is 2.16. The van der Waals surface area contributed by atoms with Gasteiger partial charge in [-0.2, -0.15) is 4.98 Å². The SMILES string of the molecule is NCCc1nc(-c2ccc(OC3CCCC3)cc2)no1. The predicted molar refractivity (Wildman–Crippen MR) is 75.4 cm³/mol. The predicted octanol–water partition coefficient (Wildman–Crippen LogP) is 2.56. The van der Waals surface area contributed by atoms with Gasteiger partial charge in [0.2, 0.25) is 11.7 Å². The molecule has 1 saturated carbocycles. The fraction of sp³-hybridized carbons (Fsp3) is 0.467. The summed E-state index contributed by atoms with van der Waals surface area (Å²) in [6.45, 7) is 0.510. The maximum absolute atomic E-state index is 5.93. The zero-order valence-corrected chi connectivity index (χ0v) is 11.4. The van der Waals surface area contributed by atoms with E-state index in [1.807, 2.05) is 24.3 Å². The Morgan fingerprint density at radius 2 is 1.95 bits per heavy atom. The summed E-state index contributed by atoms with van der Waals surface area (Å²) in [5.41, 5.74) is 6.39. The van der Waals surface area contributed by atoms with Crippen LogP contribution in [0.4, 0.5) is 0 Å². The Hall–Kier alpha value is -1.88. The van der Waals surface area contributed by atoms with Crippen LogP contribution in [0.1, 0.15) is 31.6 Å². The van der Waals surface area contributed by atoms with Crippen LogP contribution in [-0.4, -0.2) is 22.8 Å². The van der Waals surface area contributed by atoms with Gasteiger partial charge in [-0.05, 0) is 49.9 Å². The molecule has 106 valence electrons. The highest BCUT2D eigenvalue weighted by molar-refractivity contribution is 5.55. The van der Waals surface area contributed by atoms with Crippen molar-refractivity contribution in [2.75, 3.05) is 6.54 Å². The lowest BCUT2D eigenvalue weighted by molar-refractivity contribution is 0.210. The van der Waals surface area contributed by atoms with Crippen molar-refractivity contribution in [1.29, 1.82) is 0 Å². The highest BCUT2D eigenvalue weighted by Crippen LogP contribution is 2.25. The summed E-state index contributed by atoms with van der Waals surface area (Å²) in [6, 6.07) is 7.85. The normalized spacial score (nSPS) is 15.7.